The smallest absolute Gasteiger partial charge is 0.247 e. The number of benzene rings is 2. The summed E-state index contributed by atoms with van der Waals surface area (Å²) in [5, 5.41) is 2.02. The fraction of sp³-hybridized carbons (Fsp3) is 0.286. The van der Waals surface area contributed by atoms with Gasteiger partial charge >= 0.3 is 0 Å². The highest BCUT2D eigenvalue weighted by Crippen LogP contribution is 2.30. The maximum Gasteiger partial charge on any atom is 0.247 e. The molecule has 1 atom stereocenters. The van der Waals surface area contributed by atoms with Crippen LogP contribution < -0.4 is 15.0 Å². The van der Waals surface area contributed by atoms with E-state index < -0.39 is 11.1 Å². The highest BCUT2D eigenvalue weighted by Gasteiger charge is 2.40. The van der Waals surface area contributed by atoms with Crippen LogP contribution in [-0.2, 0) is 14.4 Å². The molecule has 2 aromatic carbocycles. The summed E-state index contributed by atoms with van der Waals surface area (Å²) in [6.07, 6.45) is 0.930. The van der Waals surface area contributed by atoms with Crippen molar-refractivity contribution in [1.82, 2.24) is 0 Å². The van der Waals surface area contributed by atoms with E-state index in [4.69, 9.17) is 4.74 Å². The zero-order chi connectivity index (χ0) is 20.8. The summed E-state index contributed by atoms with van der Waals surface area (Å²) >= 11 is 1.12. The Balaban J connectivity index is 1.55. The molecule has 0 bridgehead atoms. The second-order valence-electron chi connectivity index (χ2n) is 6.47. The van der Waals surface area contributed by atoms with Crippen molar-refractivity contribution in [3.63, 3.8) is 0 Å². The van der Waals surface area contributed by atoms with Gasteiger partial charge in [0.15, 0.2) is 0 Å². The van der Waals surface area contributed by atoms with Crippen molar-refractivity contribution in [2.45, 2.75) is 25.0 Å². The zero-order valence-corrected chi connectivity index (χ0v) is 16.7. The van der Waals surface area contributed by atoms with Crippen LogP contribution in [0.1, 0.15) is 19.8 Å². The molecule has 1 unspecified atom stereocenters. The lowest BCUT2D eigenvalue weighted by Crippen LogP contribution is -2.31. The lowest BCUT2D eigenvalue weighted by molar-refractivity contribution is -0.121. The maximum absolute atomic E-state index is 12.9. The van der Waals surface area contributed by atoms with Crippen LogP contribution in [0.3, 0.4) is 0 Å². The van der Waals surface area contributed by atoms with E-state index in [1.54, 1.807) is 24.3 Å². The Morgan fingerprint density at radius 2 is 1.86 bits per heavy atom. The Bertz CT molecular complexity index is 887. The van der Waals surface area contributed by atoms with Crippen molar-refractivity contribution in [2.24, 2.45) is 0 Å². The second-order valence-corrected chi connectivity index (χ2v) is 7.66. The minimum absolute atomic E-state index is 0.0126. The van der Waals surface area contributed by atoms with Crippen LogP contribution in [0.4, 0.5) is 15.8 Å². The van der Waals surface area contributed by atoms with Crippen LogP contribution in [0.5, 0.6) is 5.75 Å². The van der Waals surface area contributed by atoms with Crippen LogP contribution >= 0.6 is 11.8 Å². The van der Waals surface area contributed by atoms with Gasteiger partial charge in [-0.3, -0.25) is 14.4 Å². The van der Waals surface area contributed by atoms with E-state index >= 15 is 0 Å². The number of carbonyl (C=O) groups excluding carboxylic acids is 3. The first-order valence-electron chi connectivity index (χ1n) is 9.24. The van der Waals surface area contributed by atoms with Gasteiger partial charge < -0.3 is 10.1 Å². The van der Waals surface area contributed by atoms with Crippen LogP contribution in [0.15, 0.2) is 48.5 Å². The molecule has 1 saturated heterocycles. The molecule has 3 amide bonds. The Hall–Kier alpha value is -2.87. The number of anilines is 2. The monoisotopic (exact) mass is 416 g/mol. The van der Waals surface area contributed by atoms with Crippen LogP contribution in [-0.4, -0.2) is 35.3 Å². The number of amides is 3. The number of nitrogens with one attached hydrogen (secondary N) is 1. The van der Waals surface area contributed by atoms with Crippen LogP contribution in [0.25, 0.3) is 0 Å². The molecule has 8 heteroatoms. The number of nitrogens with zero attached hydrogens (tertiary/aromatic N) is 1. The van der Waals surface area contributed by atoms with E-state index in [1.165, 1.54) is 24.3 Å². The number of thioether (sulfide) groups is 1. The van der Waals surface area contributed by atoms with Crippen molar-refractivity contribution < 1.29 is 23.5 Å². The summed E-state index contributed by atoms with van der Waals surface area (Å²) in [6.45, 7) is 2.60. The molecule has 3 rings (SSSR count). The first-order valence-corrected chi connectivity index (χ1v) is 10.3. The first-order chi connectivity index (χ1) is 14.0. The molecule has 2 aromatic rings. The van der Waals surface area contributed by atoms with Gasteiger partial charge in [0.25, 0.3) is 0 Å². The van der Waals surface area contributed by atoms with Crippen molar-refractivity contribution in [3.05, 3.63) is 54.3 Å². The van der Waals surface area contributed by atoms with Crippen molar-refractivity contribution in [1.29, 1.82) is 0 Å². The molecular weight excluding hydrogens is 395 g/mol. The minimum Gasteiger partial charge on any atom is -0.494 e. The van der Waals surface area contributed by atoms with Crippen LogP contribution in [0, 0.1) is 5.82 Å². The summed E-state index contributed by atoms with van der Waals surface area (Å²) in [4.78, 5) is 38.2. The number of rotatable bonds is 8. The van der Waals surface area contributed by atoms with Gasteiger partial charge in [0.2, 0.25) is 17.7 Å². The highest BCUT2D eigenvalue weighted by atomic mass is 32.2. The van der Waals surface area contributed by atoms with Gasteiger partial charge in [0.05, 0.1) is 23.3 Å². The second kappa shape index (κ2) is 9.56. The Labute approximate surface area is 172 Å². The summed E-state index contributed by atoms with van der Waals surface area (Å²) in [7, 11) is 0. The molecule has 0 radical (unpaired) electrons. The predicted octanol–water partition coefficient (Wildman–Crippen LogP) is 3.62. The Kier molecular flexibility index (Phi) is 6.87. The molecule has 1 aliphatic heterocycles. The summed E-state index contributed by atoms with van der Waals surface area (Å²) < 4.78 is 18.4. The maximum atomic E-state index is 12.9. The summed E-state index contributed by atoms with van der Waals surface area (Å²) in [6, 6.07) is 12.2. The number of carbonyl (C=O) groups is 3. The molecule has 152 valence electrons. The third kappa shape index (κ3) is 5.35. The lowest BCUT2D eigenvalue weighted by Gasteiger charge is -2.15. The number of imide groups is 1. The third-order valence-electron chi connectivity index (χ3n) is 4.22. The van der Waals surface area contributed by atoms with E-state index in [9.17, 15) is 18.8 Å². The number of hydrogen-bond donors (Lipinski definition) is 1. The fourth-order valence-corrected chi connectivity index (χ4v) is 3.76. The van der Waals surface area contributed by atoms with Gasteiger partial charge in [-0.15, -0.1) is 11.8 Å². The van der Waals surface area contributed by atoms with E-state index in [-0.39, 0.29) is 29.9 Å². The van der Waals surface area contributed by atoms with Gasteiger partial charge in [-0.05, 0) is 55.0 Å². The zero-order valence-electron chi connectivity index (χ0n) is 15.9. The van der Waals surface area contributed by atoms with Crippen molar-refractivity contribution in [3.8, 4) is 5.75 Å². The first kappa shape index (κ1) is 20.9. The quantitative estimate of drug-likeness (QED) is 0.666. The van der Waals surface area contributed by atoms with Gasteiger partial charge in [-0.25, -0.2) is 9.29 Å². The highest BCUT2D eigenvalue weighted by molar-refractivity contribution is 8.01. The van der Waals surface area contributed by atoms with E-state index in [1.807, 2.05) is 6.92 Å². The molecule has 29 heavy (non-hydrogen) atoms. The largest absolute Gasteiger partial charge is 0.494 e. The molecule has 6 nitrogen and oxygen atoms in total. The fourth-order valence-electron chi connectivity index (χ4n) is 2.82. The van der Waals surface area contributed by atoms with Gasteiger partial charge in [0, 0.05) is 12.1 Å². The normalized spacial score (nSPS) is 16.2. The molecule has 1 fully saturated rings. The average molecular weight is 416 g/mol. The molecule has 1 N–H and O–H groups in total. The van der Waals surface area contributed by atoms with Gasteiger partial charge in [-0.1, -0.05) is 6.92 Å². The van der Waals surface area contributed by atoms with E-state index in [0.717, 1.165) is 23.1 Å². The van der Waals surface area contributed by atoms with Crippen molar-refractivity contribution >= 4 is 40.9 Å². The van der Waals surface area contributed by atoms with Crippen LogP contribution in [0.2, 0.25) is 0 Å². The molecule has 1 aliphatic rings. The van der Waals surface area contributed by atoms with E-state index in [2.05, 4.69) is 5.32 Å². The van der Waals surface area contributed by atoms with E-state index in [0.29, 0.717) is 23.7 Å². The molecule has 0 aromatic heterocycles. The Morgan fingerprint density at radius 3 is 2.52 bits per heavy atom. The number of ether oxygens (including phenoxy) is 1. The van der Waals surface area contributed by atoms with Gasteiger partial charge in [0.1, 0.15) is 11.6 Å². The average Bonchev–Trinajstić information content (AvgIpc) is 3.00. The third-order valence-corrected chi connectivity index (χ3v) is 5.42. The van der Waals surface area contributed by atoms with Gasteiger partial charge in [-0.2, -0.15) is 0 Å². The predicted molar refractivity (Wildman–Crippen MR) is 111 cm³/mol. The SMILES string of the molecule is CCCOc1ccc(N2C(=O)CC(SCC(=O)Nc3ccc(F)cc3)C2=O)cc1. The number of hydrogen-bond acceptors (Lipinski definition) is 5. The number of halogens is 1. The molecule has 0 aliphatic carbocycles. The molecular formula is C21H21FN2O4S. The molecule has 0 spiro atoms. The lowest BCUT2D eigenvalue weighted by atomic mass is 10.3. The summed E-state index contributed by atoms with van der Waals surface area (Å²) in [5.74, 6) is -0.655. The topological polar surface area (TPSA) is 75.7 Å². The minimum atomic E-state index is -0.613. The summed E-state index contributed by atoms with van der Waals surface area (Å²) in [5.41, 5.74) is 0.959. The standard InChI is InChI=1S/C21H21FN2O4S/c1-2-11-28-17-9-7-16(8-10-17)24-20(26)12-18(21(24)27)29-13-19(25)23-15-5-3-14(22)4-6-15/h3-10,18H,2,11-13H2,1H3,(H,23,25). The molecule has 1 heterocycles. The molecule has 0 saturated carbocycles. The van der Waals surface area contributed by atoms with Crippen molar-refractivity contribution in [2.75, 3.05) is 22.6 Å². The Morgan fingerprint density at radius 1 is 1.17 bits per heavy atom.